The van der Waals surface area contributed by atoms with Crippen LogP contribution in [0, 0.1) is 5.82 Å². The Kier molecular flexibility index (Phi) is 4.79. The molecule has 0 spiro atoms. The van der Waals surface area contributed by atoms with E-state index < -0.39 is 0 Å². The van der Waals surface area contributed by atoms with E-state index in [0.29, 0.717) is 13.1 Å². The molecule has 0 atom stereocenters. The topological polar surface area (TPSA) is 38.1 Å². The minimum atomic E-state index is -0.325. The summed E-state index contributed by atoms with van der Waals surface area (Å²) in [5.74, 6) is 0.871. The Hall–Kier alpha value is -3.47. The minimum Gasteiger partial charge on any atom is -0.342 e. The van der Waals surface area contributed by atoms with Crippen LogP contribution < -0.4 is 0 Å². The summed E-state index contributed by atoms with van der Waals surface area (Å²) in [6, 6.07) is 25.2. The molecule has 1 saturated carbocycles. The second kappa shape index (κ2) is 7.84. The smallest absolute Gasteiger partial charge is 0.233 e. The van der Waals surface area contributed by atoms with Gasteiger partial charge in [0.15, 0.2) is 0 Å². The molecule has 0 bridgehead atoms. The van der Waals surface area contributed by atoms with Crippen molar-refractivity contribution < 1.29 is 9.18 Å². The number of rotatable bonds is 4. The Morgan fingerprint density at radius 1 is 0.909 bits per heavy atom. The van der Waals surface area contributed by atoms with Crippen molar-refractivity contribution in [1.29, 1.82) is 0 Å². The van der Waals surface area contributed by atoms with Gasteiger partial charge in [0.2, 0.25) is 5.91 Å². The normalized spacial score (nSPS) is 17.9. The Labute approximate surface area is 192 Å². The van der Waals surface area contributed by atoms with E-state index in [1.165, 1.54) is 6.07 Å². The number of halogens is 1. The lowest BCUT2D eigenvalue weighted by atomic mass is 9.93. The lowest BCUT2D eigenvalue weighted by molar-refractivity contribution is -0.135. The molecule has 1 saturated heterocycles. The Balaban J connectivity index is 1.29. The summed E-state index contributed by atoms with van der Waals surface area (Å²) >= 11 is 0. The molecule has 5 heteroatoms. The van der Waals surface area contributed by atoms with E-state index in [1.807, 2.05) is 53.4 Å². The Morgan fingerprint density at radius 2 is 1.58 bits per heavy atom. The molecule has 1 aromatic heterocycles. The van der Waals surface area contributed by atoms with Gasteiger partial charge in [0.05, 0.1) is 16.4 Å². The molecule has 2 fully saturated rings. The fraction of sp³-hybridized carbons (Fsp3) is 0.286. The summed E-state index contributed by atoms with van der Waals surface area (Å²) in [6.45, 7) is 1.42. The van der Waals surface area contributed by atoms with Crippen LogP contribution in [-0.4, -0.2) is 33.4 Å². The van der Waals surface area contributed by atoms with Gasteiger partial charge >= 0.3 is 0 Å². The molecular formula is C28H26FN3O. The van der Waals surface area contributed by atoms with Gasteiger partial charge in [0.1, 0.15) is 11.6 Å². The molecule has 1 aliphatic carbocycles. The van der Waals surface area contributed by atoms with Gasteiger partial charge < -0.3 is 9.47 Å². The van der Waals surface area contributed by atoms with Crippen LogP contribution in [0.1, 0.15) is 37.3 Å². The summed E-state index contributed by atoms with van der Waals surface area (Å²) in [5, 5.41) is 0. The summed E-state index contributed by atoms with van der Waals surface area (Å²) in [5.41, 5.74) is 3.46. The van der Waals surface area contributed by atoms with E-state index in [4.69, 9.17) is 4.98 Å². The van der Waals surface area contributed by atoms with Crippen molar-refractivity contribution in [2.45, 2.75) is 37.1 Å². The first-order valence-electron chi connectivity index (χ1n) is 11.7. The van der Waals surface area contributed by atoms with E-state index in [2.05, 4.69) is 16.7 Å². The number of carbonyl (C=O) groups excluding carboxylic acids is 1. The minimum absolute atomic E-state index is 0.169. The lowest BCUT2D eigenvalue weighted by Gasteiger charge is -2.36. The Bertz CT molecular complexity index is 1300. The molecular weight excluding hydrogens is 413 g/mol. The number of imidazole rings is 1. The number of benzene rings is 3. The highest BCUT2D eigenvalue weighted by atomic mass is 19.1. The molecule has 2 heterocycles. The van der Waals surface area contributed by atoms with Crippen molar-refractivity contribution in [2.24, 2.45) is 0 Å². The third-order valence-corrected chi connectivity index (χ3v) is 7.29. The highest BCUT2D eigenvalue weighted by Crippen LogP contribution is 2.50. The number of piperidine rings is 1. The summed E-state index contributed by atoms with van der Waals surface area (Å²) in [7, 11) is 0. The monoisotopic (exact) mass is 439 g/mol. The van der Waals surface area contributed by atoms with Crippen LogP contribution in [-0.2, 0) is 10.2 Å². The van der Waals surface area contributed by atoms with Crippen molar-refractivity contribution in [3.05, 3.63) is 90.2 Å². The molecule has 6 rings (SSSR count). The van der Waals surface area contributed by atoms with Crippen LogP contribution in [0.5, 0.6) is 0 Å². The van der Waals surface area contributed by atoms with Gasteiger partial charge in [-0.15, -0.1) is 0 Å². The molecule has 0 radical (unpaired) electrons. The van der Waals surface area contributed by atoms with Gasteiger partial charge in [-0.1, -0.05) is 60.7 Å². The maximum absolute atomic E-state index is 14.2. The Morgan fingerprint density at radius 3 is 2.24 bits per heavy atom. The molecule has 3 aromatic carbocycles. The number of hydrogen-bond acceptors (Lipinski definition) is 2. The van der Waals surface area contributed by atoms with Gasteiger partial charge in [-0.2, -0.15) is 0 Å². The van der Waals surface area contributed by atoms with Crippen molar-refractivity contribution in [3.8, 4) is 11.4 Å². The van der Waals surface area contributed by atoms with Crippen LogP contribution in [0.4, 0.5) is 4.39 Å². The molecule has 2 aliphatic rings. The van der Waals surface area contributed by atoms with Crippen molar-refractivity contribution in [3.63, 3.8) is 0 Å². The molecule has 33 heavy (non-hydrogen) atoms. The zero-order valence-corrected chi connectivity index (χ0v) is 18.5. The van der Waals surface area contributed by atoms with E-state index in [0.717, 1.165) is 53.7 Å². The van der Waals surface area contributed by atoms with E-state index in [1.54, 1.807) is 12.1 Å². The molecule has 4 nitrogen and oxygen atoms in total. The molecule has 166 valence electrons. The highest BCUT2D eigenvalue weighted by Gasteiger charge is 2.53. The second-order valence-corrected chi connectivity index (χ2v) is 9.28. The molecule has 0 unspecified atom stereocenters. The fourth-order valence-electron chi connectivity index (χ4n) is 5.36. The maximum atomic E-state index is 14.2. The maximum Gasteiger partial charge on any atom is 0.233 e. The SMILES string of the molecule is O=C(N1CCC(n2c(-c3ccccc3)nc3ccc(F)cc32)CC1)C1(c2ccccc2)CC1. The molecule has 1 aliphatic heterocycles. The predicted octanol–water partition coefficient (Wildman–Crippen LogP) is 5.74. The average Bonchev–Trinajstić information content (AvgIpc) is 3.60. The average molecular weight is 440 g/mol. The second-order valence-electron chi connectivity index (χ2n) is 9.28. The molecule has 4 aromatic rings. The quantitative estimate of drug-likeness (QED) is 0.407. The third-order valence-electron chi connectivity index (χ3n) is 7.29. The van der Waals surface area contributed by atoms with Crippen molar-refractivity contribution in [2.75, 3.05) is 13.1 Å². The number of nitrogens with zero attached hydrogens (tertiary/aromatic N) is 3. The first-order chi connectivity index (χ1) is 16.2. The number of fused-ring (bicyclic) bond motifs is 1. The fourth-order valence-corrected chi connectivity index (χ4v) is 5.36. The van der Waals surface area contributed by atoms with Crippen LogP contribution in [0.2, 0.25) is 0 Å². The number of amides is 1. The first kappa shape index (κ1) is 20.2. The number of hydrogen-bond donors (Lipinski definition) is 0. The number of likely N-dealkylation sites (tertiary alicyclic amines) is 1. The lowest BCUT2D eigenvalue weighted by Crippen LogP contribution is -2.44. The van der Waals surface area contributed by atoms with Crippen molar-refractivity contribution in [1.82, 2.24) is 14.5 Å². The molecule has 1 amide bonds. The van der Waals surface area contributed by atoms with Crippen LogP contribution in [0.15, 0.2) is 78.9 Å². The van der Waals surface area contributed by atoms with E-state index in [-0.39, 0.29) is 23.2 Å². The van der Waals surface area contributed by atoms with Crippen LogP contribution in [0.3, 0.4) is 0 Å². The summed E-state index contributed by atoms with van der Waals surface area (Å²) in [4.78, 5) is 20.4. The van der Waals surface area contributed by atoms with Crippen LogP contribution >= 0.6 is 0 Å². The zero-order valence-electron chi connectivity index (χ0n) is 18.5. The zero-order chi connectivity index (χ0) is 22.4. The van der Waals surface area contributed by atoms with E-state index >= 15 is 0 Å². The van der Waals surface area contributed by atoms with Gasteiger partial charge in [-0.3, -0.25) is 4.79 Å². The molecule has 0 N–H and O–H groups in total. The third kappa shape index (κ3) is 3.43. The number of carbonyl (C=O) groups is 1. The van der Waals surface area contributed by atoms with Gasteiger partial charge in [0.25, 0.3) is 0 Å². The summed E-state index contributed by atoms with van der Waals surface area (Å²) in [6.07, 6.45) is 3.52. The number of aromatic nitrogens is 2. The predicted molar refractivity (Wildman–Crippen MR) is 127 cm³/mol. The van der Waals surface area contributed by atoms with E-state index in [9.17, 15) is 9.18 Å². The van der Waals surface area contributed by atoms with Gasteiger partial charge in [-0.05, 0) is 49.4 Å². The van der Waals surface area contributed by atoms with Gasteiger partial charge in [-0.25, -0.2) is 9.37 Å². The largest absolute Gasteiger partial charge is 0.342 e. The van der Waals surface area contributed by atoms with Crippen molar-refractivity contribution >= 4 is 16.9 Å². The highest BCUT2D eigenvalue weighted by molar-refractivity contribution is 5.91. The van der Waals surface area contributed by atoms with Gasteiger partial charge in [0, 0.05) is 24.7 Å². The summed E-state index contributed by atoms with van der Waals surface area (Å²) < 4.78 is 16.4. The van der Waals surface area contributed by atoms with Crippen LogP contribution in [0.25, 0.3) is 22.4 Å². The standard InChI is InChI=1S/C28H26FN3O/c29-22-11-12-24-25(19-22)32(26(30-24)20-7-3-1-4-8-20)23-13-17-31(18-14-23)27(33)28(15-16-28)21-9-5-2-6-10-21/h1-12,19,23H,13-18H2. The first-order valence-corrected chi connectivity index (χ1v) is 11.7.